The fraction of sp³-hybridized carbons (Fsp3) is 0.118. The number of aromatic nitrogens is 2. The van der Waals surface area contributed by atoms with Crippen molar-refractivity contribution in [1.29, 1.82) is 0 Å². The van der Waals surface area contributed by atoms with Gasteiger partial charge in [-0.3, -0.25) is 0 Å². The highest BCUT2D eigenvalue weighted by Crippen LogP contribution is 2.28. The van der Waals surface area contributed by atoms with Crippen LogP contribution in [-0.2, 0) is 19.7 Å². The first kappa shape index (κ1) is 19.4. The van der Waals surface area contributed by atoms with Crippen molar-refractivity contribution in [1.82, 2.24) is 9.78 Å². The quantitative estimate of drug-likeness (QED) is 0.674. The third-order valence-corrected chi connectivity index (χ3v) is 6.31. The topological polar surface area (TPSA) is 98.1 Å². The minimum Gasteiger partial charge on any atom is -0.352 e. The van der Waals surface area contributed by atoms with Crippen LogP contribution in [0, 0.1) is 0 Å². The molecule has 27 heavy (non-hydrogen) atoms. The summed E-state index contributed by atoms with van der Waals surface area (Å²) in [4.78, 5) is -0.184. The molecule has 3 rings (SSSR count). The largest absolute Gasteiger partial charge is 0.352 e. The Hall–Kier alpha value is -2.36. The van der Waals surface area contributed by atoms with Crippen LogP contribution >= 0.6 is 11.6 Å². The van der Waals surface area contributed by atoms with Crippen molar-refractivity contribution in [2.24, 2.45) is 0 Å². The van der Waals surface area contributed by atoms with Crippen molar-refractivity contribution >= 4 is 42.7 Å². The highest BCUT2D eigenvalue weighted by atomic mass is 35.5. The van der Waals surface area contributed by atoms with E-state index in [1.807, 2.05) is 6.07 Å². The molecule has 3 aromatic rings. The lowest BCUT2D eigenvalue weighted by Crippen LogP contribution is -2.06. The molecule has 0 fully saturated rings. The molecule has 0 aliphatic heterocycles. The van der Waals surface area contributed by atoms with Gasteiger partial charge in [-0.1, -0.05) is 23.7 Å². The maximum atomic E-state index is 12.1. The predicted octanol–water partition coefficient (Wildman–Crippen LogP) is 3.08. The zero-order valence-corrected chi connectivity index (χ0v) is 16.8. The highest BCUT2D eigenvalue weighted by molar-refractivity contribution is 7.91. The van der Waals surface area contributed by atoms with E-state index in [0.29, 0.717) is 16.4 Å². The van der Waals surface area contributed by atoms with Crippen LogP contribution in [0.2, 0.25) is 5.02 Å². The molecular formula is C17H16ClN3O4S2. The molecule has 1 N–H and O–H groups in total. The Morgan fingerprint density at radius 3 is 2.33 bits per heavy atom. The van der Waals surface area contributed by atoms with Gasteiger partial charge in [0.15, 0.2) is 19.7 Å². The molecule has 0 spiro atoms. The standard InChI is InChI=1S/C17H16ClN3O4S2/c1-26(22,23)13-7-8-15(17(9-13)27(2,24)25)20-12-10-19-21(11-12)16-6-4-3-5-14(16)18/h3-11,20H,1-2H3. The summed E-state index contributed by atoms with van der Waals surface area (Å²) in [6, 6.07) is 11.1. The van der Waals surface area contributed by atoms with Gasteiger partial charge in [0.25, 0.3) is 0 Å². The van der Waals surface area contributed by atoms with Crippen molar-refractivity contribution < 1.29 is 16.8 Å². The van der Waals surface area contributed by atoms with E-state index in [9.17, 15) is 16.8 Å². The van der Waals surface area contributed by atoms with Crippen LogP contribution < -0.4 is 5.32 Å². The Bertz CT molecular complexity index is 1220. The van der Waals surface area contributed by atoms with E-state index in [-0.39, 0.29) is 15.5 Å². The van der Waals surface area contributed by atoms with E-state index in [1.165, 1.54) is 18.3 Å². The summed E-state index contributed by atoms with van der Waals surface area (Å²) in [5.41, 5.74) is 1.44. The number of nitrogens with one attached hydrogen (secondary N) is 1. The summed E-state index contributed by atoms with van der Waals surface area (Å²) in [5, 5.41) is 7.70. The number of halogens is 1. The van der Waals surface area contributed by atoms with Crippen LogP contribution in [0.4, 0.5) is 11.4 Å². The maximum absolute atomic E-state index is 12.1. The number of para-hydroxylation sites is 1. The minimum absolute atomic E-state index is 0.0692. The maximum Gasteiger partial charge on any atom is 0.177 e. The highest BCUT2D eigenvalue weighted by Gasteiger charge is 2.18. The smallest absolute Gasteiger partial charge is 0.177 e. The van der Waals surface area contributed by atoms with Crippen LogP contribution in [0.1, 0.15) is 0 Å². The first-order valence-electron chi connectivity index (χ1n) is 7.66. The average Bonchev–Trinajstić information content (AvgIpc) is 3.02. The fourth-order valence-electron chi connectivity index (χ4n) is 2.46. The van der Waals surface area contributed by atoms with Gasteiger partial charge in [0.05, 0.1) is 44.3 Å². The monoisotopic (exact) mass is 425 g/mol. The number of anilines is 2. The van der Waals surface area contributed by atoms with Crippen molar-refractivity contribution in [2.75, 3.05) is 17.8 Å². The number of hydrogen-bond acceptors (Lipinski definition) is 6. The summed E-state index contributed by atoms with van der Waals surface area (Å²) in [6.45, 7) is 0. The molecule has 0 aliphatic rings. The minimum atomic E-state index is -3.66. The van der Waals surface area contributed by atoms with E-state index in [4.69, 9.17) is 11.6 Å². The molecule has 1 aromatic heterocycles. The van der Waals surface area contributed by atoms with Gasteiger partial charge in [-0.15, -0.1) is 0 Å². The molecule has 1 heterocycles. The Balaban J connectivity index is 2.00. The van der Waals surface area contributed by atoms with Crippen molar-refractivity contribution in [3.8, 4) is 5.69 Å². The summed E-state index contributed by atoms with van der Waals surface area (Å²) >= 11 is 6.16. The van der Waals surface area contributed by atoms with Gasteiger partial charge >= 0.3 is 0 Å². The lowest BCUT2D eigenvalue weighted by molar-refractivity contribution is 0.600. The van der Waals surface area contributed by atoms with Gasteiger partial charge in [0.2, 0.25) is 0 Å². The molecule has 142 valence electrons. The van der Waals surface area contributed by atoms with Gasteiger partial charge in [-0.05, 0) is 30.3 Å². The molecule has 0 atom stereocenters. The Morgan fingerprint density at radius 2 is 1.70 bits per heavy atom. The molecule has 7 nitrogen and oxygen atoms in total. The molecule has 0 aliphatic carbocycles. The van der Waals surface area contributed by atoms with Crippen molar-refractivity contribution in [3.05, 3.63) is 59.9 Å². The van der Waals surface area contributed by atoms with Gasteiger partial charge < -0.3 is 5.32 Å². The Morgan fingerprint density at radius 1 is 1.00 bits per heavy atom. The number of rotatable bonds is 5. The SMILES string of the molecule is CS(=O)(=O)c1ccc(Nc2cnn(-c3ccccc3Cl)c2)c(S(C)(=O)=O)c1. The van der Waals surface area contributed by atoms with Gasteiger partial charge in [0.1, 0.15) is 0 Å². The van der Waals surface area contributed by atoms with Gasteiger partial charge in [-0.25, -0.2) is 21.5 Å². The second-order valence-corrected chi connectivity index (χ2v) is 10.4. The van der Waals surface area contributed by atoms with Gasteiger partial charge in [0, 0.05) is 12.5 Å². The number of nitrogens with zero attached hydrogens (tertiary/aromatic N) is 2. The second kappa shape index (κ2) is 6.99. The normalized spacial score (nSPS) is 12.1. The second-order valence-electron chi connectivity index (χ2n) is 5.95. The molecule has 10 heteroatoms. The van der Waals surface area contributed by atoms with Crippen molar-refractivity contribution in [2.45, 2.75) is 9.79 Å². The molecular weight excluding hydrogens is 410 g/mol. The van der Waals surface area contributed by atoms with Gasteiger partial charge in [-0.2, -0.15) is 5.10 Å². The van der Waals surface area contributed by atoms with E-state index in [0.717, 1.165) is 18.6 Å². The lowest BCUT2D eigenvalue weighted by atomic mass is 10.3. The number of sulfone groups is 2. The van der Waals surface area contributed by atoms with E-state index < -0.39 is 19.7 Å². The summed E-state index contributed by atoms with van der Waals surface area (Å²) in [7, 11) is -7.20. The van der Waals surface area contributed by atoms with E-state index >= 15 is 0 Å². The summed E-state index contributed by atoms with van der Waals surface area (Å²) < 4.78 is 49.3. The summed E-state index contributed by atoms with van der Waals surface area (Å²) in [5.74, 6) is 0. The molecule has 2 aromatic carbocycles. The zero-order chi connectivity index (χ0) is 19.8. The molecule has 0 bridgehead atoms. The molecule has 0 amide bonds. The fourth-order valence-corrected chi connectivity index (χ4v) is 4.26. The van der Waals surface area contributed by atoms with Crippen LogP contribution in [0.25, 0.3) is 5.69 Å². The molecule has 0 saturated heterocycles. The van der Waals surface area contributed by atoms with E-state index in [1.54, 1.807) is 29.1 Å². The zero-order valence-electron chi connectivity index (χ0n) is 14.4. The summed E-state index contributed by atoms with van der Waals surface area (Å²) in [6.07, 6.45) is 5.21. The molecule has 0 unspecified atom stereocenters. The van der Waals surface area contributed by atoms with Crippen molar-refractivity contribution in [3.63, 3.8) is 0 Å². The molecule has 0 radical (unpaired) electrons. The van der Waals surface area contributed by atoms with Crippen LogP contribution in [-0.4, -0.2) is 39.1 Å². The predicted molar refractivity (Wildman–Crippen MR) is 105 cm³/mol. The average molecular weight is 426 g/mol. The van der Waals surface area contributed by atoms with Crippen LogP contribution in [0.3, 0.4) is 0 Å². The molecule has 0 saturated carbocycles. The van der Waals surface area contributed by atoms with E-state index in [2.05, 4.69) is 10.4 Å². The van der Waals surface area contributed by atoms with Crippen LogP contribution in [0.15, 0.2) is 64.6 Å². The Labute approximate surface area is 162 Å². The lowest BCUT2D eigenvalue weighted by Gasteiger charge is -2.11. The third kappa shape index (κ3) is 4.32. The number of benzene rings is 2. The number of hydrogen-bond donors (Lipinski definition) is 1. The Kier molecular flexibility index (Phi) is 5.02. The van der Waals surface area contributed by atoms with Crippen LogP contribution in [0.5, 0.6) is 0 Å². The first-order chi connectivity index (χ1) is 12.6. The first-order valence-corrected chi connectivity index (χ1v) is 11.8. The third-order valence-electron chi connectivity index (χ3n) is 3.74.